The molecular formula is C13H19NOS. The van der Waals surface area contributed by atoms with Gasteiger partial charge in [-0.1, -0.05) is 6.92 Å². The fraction of sp³-hybridized carbons (Fsp3) is 0.615. The Kier molecular flexibility index (Phi) is 3.64. The Hall–Kier alpha value is -0.830. The summed E-state index contributed by atoms with van der Waals surface area (Å²) in [5.74, 6) is 0.311. The summed E-state index contributed by atoms with van der Waals surface area (Å²) in [4.78, 5) is 16.7. The van der Waals surface area contributed by atoms with Gasteiger partial charge in [-0.15, -0.1) is 11.3 Å². The van der Waals surface area contributed by atoms with Crippen LogP contribution in [0.15, 0.2) is 12.1 Å². The van der Waals surface area contributed by atoms with Crippen LogP contribution in [0.25, 0.3) is 0 Å². The molecule has 2 rings (SSSR count). The highest BCUT2D eigenvalue weighted by Crippen LogP contribution is 2.28. The van der Waals surface area contributed by atoms with Crippen molar-refractivity contribution in [2.45, 2.75) is 45.6 Å². The van der Waals surface area contributed by atoms with Crippen LogP contribution in [0.3, 0.4) is 0 Å². The van der Waals surface area contributed by atoms with E-state index in [9.17, 15) is 4.79 Å². The van der Waals surface area contributed by atoms with Crippen molar-refractivity contribution in [3.63, 3.8) is 0 Å². The molecule has 0 aromatic carbocycles. The topological polar surface area (TPSA) is 20.3 Å². The maximum atomic E-state index is 12.1. The molecule has 2 nitrogen and oxygen atoms in total. The van der Waals surface area contributed by atoms with Crippen LogP contribution in [0, 0.1) is 6.92 Å². The average Bonchev–Trinajstić information content (AvgIpc) is 3.00. The molecule has 0 spiro atoms. The molecule has 3 heteroatoms. The molecule has 0 unspecified atom stereocenters. The molecule has 0 bridgehead atoms. The van der Waals surface area contributed by atoms with E-state index in [1.165, 1.54) is 22.6 Å². The number of rotatable bonds is 5. The summed E-state index contributed by atoms with van der Waals surface area (Å²) in [5.41, 5.74) is 0. The first-order chi connectivity index (χ1) is 7.70. The molecule has 88 valence electrons. The van der Waals surface area contributed by atoms with Crippen LogP contribution in [-0.2, 0) is 11.2 Å². The summed E-state index contributed by atoms with van der Waals surface area (Å²) in [6, 6.07) is 4.72. The number of hydrogen-bond donors (Lipinski definition) is 0. The van der Waals surface area contributed by atoms with Crippen molar-refractivity contribution in [1.82, 2.24) is 4.90 Å². The summed E-state index contributed by atoms with van der Waals surface area (Å²) in [6.07, 6.45) is 4.06. The van der Waals surface area contributed by atoms with Gasteiger partial charge in [0, 0.05) is 22.3 Å². The van der Waals surface area contributed by atoms with Crippen LogP contribution in [0.2, 0.25) is 0 Å². The van der Waals surface area contributed by atoms with Crippen LogP contribution in [0.5, 0.6) is 0 Å². The minimum Gasteiger partial charge on any atom is -0.339 e. The Balaban J connectivity index is 1.94. The standard InChI is InChI=1S/C13H19NOS/c1-3-8-14(11-5-6-11)13(15)9-12-7-4-10(2)16-12/h4,7,11H,3,5-6,8-9H2,1-2H3. The van der Waals surface area contributed by atoms with E-state index in [4.69, 9.17) is 0 Å². The normalized spacial score (nSPS) is 15.1. The lowest BCUT2D eigenvalue weighted by molar-refractivity contribution is -0.131. The molecule has 1 aliphatic rings. The van der Waals surface area contributed by atoms with Gasteiger partial charge in [0.15, 0.2) is 0 Å². The minimum absolute atomic E-state index is 0.311. The van der Waals surface area contributed by atoms with Crippen LogP contribution in [-0.4, -0.2) is 23.4 Å². The molecule has 1 fully saturated rings. The molecule has 0 N–H and O–H groups in total. The van der Waals surface area contributed by atoms with Gasteiger partial charge in [-0.05, 0) is 38.3 Å². The summed E-state index contributed by atoms with van der Waals surface area (Å²) in [6.45, 7) is 5.15. The highest BCUT2D eigenvalue weighted by Gasteiger charge is 2.31. The monoisotopic (exact) mass is 237 g/mol. The van der Waals surface area contributed by atoms with Crippen molar-refractivity contribution in [2.75, 3.05) is 6.54 Å². The lowest BCUT2D eigenvalue weighted by Crippen LogP contribution is -2.34. The Morgan fingerprint density at radius 2 is 2.25 bits per heavy atom. The smallest absolute Gasteiger partial charge is 0.228 e. The first kappa shape index (κ1) is 11.6. The van der Waals surface area contributed by atoms with E-state index < -0.39 is 0 Å². The van der Waals surface area contributed by atoms with E-state index in [0.29, 0.717) is 18.4 Å². The maximum absolute atomic E-state index is 12.1. The lowest BCUT2D eigenvalue weighted by atomic mass is 10.3. The van der Waals surface area contributed by atoms with E-state index in [0.717, 1.165) is 13.0 Å². The quantitative estimate of drug-likeness (QED) is 0.771. The summed E-state index contributed by atoms with van der Waals surface area (Å²) < 4.78 is 0. The third-order valence-corrected chi connectivity index (χ3v) is 3.89. The predicted molar refractivity (Wildman–Crippen MR) is 67.8 cm³/mol. The number of carbonyl (C=O) groups is 1. The van der Waals surface area contributed by atoms with Gasteiger partial charge in [0.05, 0.1) is 6.42 Å². The average molecular weight is 237 g/mol. The number of carbonyl (C=O) groups excluding carboxylic acids is 1. The van der Waals surface area contributed by atoms with Crippen molar-refractivity contribution in [3.8, 4) is 0 Å². The second-order valence-electron chi connectivity index (χ2n) is 4.51. The first-order valence-electron chi connectivity index (χ1n) is 6.05. The molecule has 0 aliphatic heterocycles. The van der Waals surface area contributed by atoms with Crippen LogP contribution in [0.1, 0.15) is 35.9 Å². The van der Waals surface area contributed by atoms with Crippen molar-refractivity contribution in [3.05, 3.63) is 21.9 Å². The molecular weight excluding hydrogens is 218 g/mol. The van der Waals surface area contributed by atoms with Crippen molar-refractivity contribution < 1.29 is 4.79 Å². The van der Waals surface area contributed by atoms with E-state index in [2.05, 4.69) is 30.9 Å². The van der Waals surface area contributed by atoms with E-state index in [-0.39, 0.29) is 0 Å². The van der Waals surface area contributed by atoms with E-state index in [1.807, 2.05) is 0 Å². The maximum Gasteiger partial charge on any atom is 0.228 e. The summed E-state index contributed by atoms with van der Waals surface area (Å²) in [7, 11) is 0. The summed E-state index contributed by atoms with van der Waals surface area (Å²) in [5, 5.41) is 0. The Bertz CT molecular complexity index is 368. The van der Waals surface area contributed by atoms with E-state index in [1.54, 1.807) is 11.3 Å². The SMILES string of the molecule is CCCN(C(=O)Cc1ccc(C)s1)C1CC1. The highest BCUT2D eigenvalue weighted by atomic mass is 32.1. The number of nitrogens with zero attached hydrogens (tertiary/aromatic N) is 1. The van der Waals surface area contributed by atoms with Gasteiger partial charge in [0.25, 0.3) is 0 Å². The zero-order chi connectivity index (χ0) is 11.5. The second-order valence-corrected chi connectivity index (χ2v) is 5.88. The largest absolute Gasteiger partial charge is 0.339 e. The Morgan fingerprint density at radius 3 is 2.75 bits per heavy atom. The van der Waals surface area contributed by atoms with Gasteiger partial charge in [-0.3, -0.25) is 4.79 Å². The zero-order valence-electron chi connectivity index (χ0n) is 10.0. The fourth-order valence-corrected chi connectivity index (χ4v) is 2.85. The zero-order valence-corrected chi connectivity index (χ0v) is 10.8. The molecule has 1 amide bonds. The van der Waals surface area contributed by atoms with Gasteiger partial charge < -0.3 is 4.90 Å². The van der Waals surface area contributed by atoms with Gasteiger partial charge in [0.1, 0.15) is 0 Å². The highest BCUT2D eigenvalue weighted by molar-refractivity contribution is 7.12. The third kappa shape index (κ3) is 2.85. The molecule has 1 saturated carbocycles. The third-order valence-electron chi connectivity index (χ3n) is 2.89. The van der Waals surface area contributed by atoms with Gasteiger partial charge in [-0.2, -0.15) is 0 Å². The van der Waals surface area contributed by atoms with Crippen LogP contribution >= 0.6 is 11.3 Å². The lowest BCUT2D eigenvalue weighted by Gasteiger charge is -2.21. The Morgan fingerprint density at radius 1 is 1.50 bits per heavy atom. The van der Waals surface area contributed by atoms with Gasteiger partial charge >= 0.3 is 0 Å². The molecule has 0 atom stereocenters. The van der Waals surface area contributed by atoms with E-state index >= 15 is 0 Å². The molecule has 0 radical (unpaired) electrons. The van der Waals surface area contributed by atoms with Gasteiger partial charge in [0.2, 0.25) is 5.91 Å². The molecule has 1 heterocycles. The van der Waals surface area contributed by atoms with Crippen LogP contribution < -0.4 is 0 Å². The van der Waals surface area contributed by atoms with Crippen LogP contribution in [0.4, 0.5) is 0 Å². The number of amides is 1. The Labute approximate surface area is 101 Å². The first-order valence-corrected chi connectivity index (χ1v) is 6.87. The number of hydrogen-bond acceptors (Lipinski definition) is 2. The molecule has 1 aromatic heterocycles. The minimum atomic E-state index is 0.311. The molecule has 16 heavy (non-hydrogen) atoms. The van der Waals surface area contributed by atoms with Crippen molar-refractivity contribution in [1.29, 1.82) is 0 Å². The van der Waals surface area contributed by atoms with Gasteiger partial charge in [-0.25, -0.2) is 0 Å². The van der Waals surface area contributed by atoms with Crippen molar-refractivity contribution in [2.24, 2.45) is 0 Å². The number of thiophene rings is 1. The van der Waals surface area contributed by atoms with Crippen molar-refractivity contribution >= 4 is 17.2 Å². The number of aryl methyl sites for hydroxylation is 1. The second kappa shape index (κ2) is 5.00. The fourth-order valence-electron chi connectivity index (χ4n) is 1.97. The molecule has 0 saturated heterocycles. The summed E-state index contributed by atoms with van der Waals surface area (Å²) >= 11 is 1.74. The molecule has 1 aliphatic carbocycles. The molecule has 1 aromatic rings. The predicted octanol–water partition coefficient (Wildman–Crippen LogP) is 3.00.